The van der Waals surface area contributed by atoms with Gasteiger partial charge in [0.1, 0.15) is 0 Å². The molecule has 0 saturated carbocycles. The lowest BCUT2D eigenvalue weighted by atomic mass is 10.1. The van der Waals surface area contributed by atoms with Crippen LogP contribution in [0.5, 0.6) is 0 Å². The van der Waals surface area contributed by atoms with E-state index in [0.29, 0.717) is 6.04 Å². The number of anilines is 1. The molecule has 2 aromatic rings. The average Bonchev–Trinajstić information content (AvgIpc) is 2.78. The molecule has 1 heterocycles. The molecule has 0 aliphatic heterocycles. The zero-order chi connectivity index (χ0) is 13.1. The Kier molecular flexibility index (Phi) is 4.87. The van der Waals surface area contributed by atoms with Crippen molar-refractivity contribution < 1.29 is 0 Å². The predicted octanol–water partition coefficient (Wildman–Crippen LogP) is 6.01. The van der Waals surface area contributed by atoms with E-state index in [1.165, 1.54) is 19.9 Å². The molecule has 0 amide bonds. The van der Waals surface area contributed by atoms with Gasteiger partial charge in [0.2, 0.25) is 0 Å². The average molecular weight is 389 g/mol. The summed E-state index contributed by atoms with van der Waals surface area (Å²) in [5, 5.41) is 3.59. The van der Waals surface area contributed by atoms with Gasteiger partial charge < -0.3 is 5.32 Å². The van der Waals surface area contributed by atoms with Crippen molar-refractivity contribution in [2.45, 2.75) is 26.3 Å². The van der Waals surface area contributed by atoms with Crippen LogP contribution in [0.1, 0.15) is 30.3 Å². The maximum absolute atomic E-state index is 3.59. The van der Waals surface area contributed by atoms with Crippen LogP contribution in [0.2, 0.25) is 0 Å². The van der Waals surface area contributed by atoms with Crippen molar-refractivity contribution in [1.82, 2.24) is 0 Å². The molecule has 0 fully saturated rings. The third-order valence-corrected chi connectivity index (χ3v) is 5.14. The SMILES string of the molecule is CCc1cc(Br)ccc1NC(C)c1ccc(Br)s1. The van der Waals surface area contributed by atoms with Crippen molar-refractivity contribution in [2.75, 3.05) is 5.32 Å². The maximum atomic E-state index is 3.59. The van der Waals surface area contributed by atoms with Gasteiger partial charge in [-0.05, 0) is 65.2 Å². The van der Waals surface area contributed by atoms with E-state index in [9.17, 15) is 0 Å². The summed E-state index contributed by atoms with van der Waals surface area (Å²) in [7, 11) is 0. The fourth-order valence-corrected chi connectivity index (χ4v) is 3.70. The quantitative estimate of drug-likeness (QED) is 0.676. The molecule has 1 aromatic heterocycles. The molecule has 0 spiro atoms. The molecule has 0 aliphatic rings. The fraction of sp³-hybridized carbons (Fsp3) is 0.286. The van der Waals surface area contributed by atoms with E-state index < -0.39 is 0 Å². The largest absolute Gasteiger partial charge is 0.377 e. The Labute approximate surface area is 129 Å². The van der Waals surface area contributed by atoms with Crippen LogP contribution in [0.25, 0.3) is 0 Å². The minimum atomic E-state index is 0.327. The summed E-state index contributed by atoms with van der Waals surface area (Å²) in [5.74, 6) is 0. The number of aryl methyl sites for hydroxylation is 1. The van der Waals surface area contributed by atoms with E-state index in [1.807, 2.05) is 0 Å². The highest BCUT2D eigenvalue weighted by Crippen LogP contribution is 2.31. The second-order valence-electron chi connectivity index (χ2n) is 4.16. The van der Waals surface area contributed by atoms with Crippen molar-refractivity contribution in [2.24, 2.45) is 0 Å². The third kappa shape index (κ3) is 3.37. The highest BCUT2D eigenvalue weighted by molar-refractivity contribution is 9.11. The smallest absolute Gasteiger partial charge is 0.0702 e. The summed E-state index contributed by atoms with van der Waals surface area (Å²) in [6.45, 7) is 4.37. The van der Waals surface area contributed by atoms with E-state index in [-0.39, 0.29) is 0 Å². The van der Waals surface area contributed by atoms with Crippen molar-refractivity contribution in [3.05, 3.63) is 49.0 Å². The number of halogens is 2. The summed E-state index contributed by atoms with van der Waals surface area (Å²) in [4.78, 5) is 1.34. The molecule has 18 heavy (non-hydrogen) atoms. The molecule has 0 aliphatic carbocycles. The summed E-state index contributed by atoms with van der Waals surface area (Å²) >= 11 is 8.80. The molecule has 1 N–H and O–H groups in total. The van der Waals surface area contributed by atoms with E-state index >= 15 is 0 Å². The zero-order valence-electron chi connectivity index (χ0n) is 10.3. The molecule has 4 heteroatoms. The Balaban J connectivity index is 2.18. The Morgan fingerprint density at radius 1 is 1.22 bits per heavy atom. The van der Waals surface area contributed by atoms with Crippen LogP contribution < -0.4 is 5.32 Å². The second-order valence-corrected chi connectivity index (χ2v) is 7.57. The lowest BCUT2D eigenvalue weighted by Crippen LogP contribution is -2.06. The van der Waals surface area contributed by atoms with Gasteiger partial charge in [-0.1, -0.05) is 22.9 Å². The van der Waals surface area contributed by atoms with Crippen LogP contribution in [-0.2, 0) is 6.42 Å². The summed E-state index contributed by atoms with van der Waals surface area (Å²) in [5.41, 5.74) is 2.56. The number of hydrogen-bond acceptors (Lipinski definition) is 2. The molecule has 2 rings (SSSR count). The number of nitrogens with one attached hydrogen (secondary N) is 1. The molecule has 1 unspecified atom stereocenters. The Hall–Kier alpha value is -0.320. The lowest BCUT2D eigenvalue weighted by molar-refractivity contribution is 0.901. The minimum Gasteiger partial charge on any atom is -0.377 e. The van der Waals surface area contributed by atoms with Crippen LogP contribution >= 0.6 is 43.2 Å². The van der Waals surface area contributed by atoms with Gasteiger partial charge in [-0.3, -0.25) is 0 Å². The lowest BCUT2D eigenvalue weighted by Gasteiger charge is -2.17. The molecule has 1 aromatic carbocycles. The summed E-state index contributed by atoms with van der Waals surface area (Å²) < 4.78 is 2.31. The molecule has 0 saturated heterocycles. The molecule has 0 radical (unpaired) electrons. The van der Waals surface area contributed by atoms with Gasteiger partial charge in [-0.15, -0.1) is 11.3 Å². The summed E-state index contributed by atoms with van der Waals surface area (Å²) in [6.07, 6.45) is 1.03. The first-order chi connectivity index (χ1) is 8.60. The fourth-order valence-electron chi connectivity index (χ4n) is 1.86. The highest BCUT2D eigenvalue weighted by atomic mass is 79.9. The van der Waals surface area contributed by atoms with Crippen LogP contribution in [-0.4, -0.2) is 0 Å². The van der Waals surface area contributed by atoms with Gasteiger partial charge in [-0.2, -0.15) is 0 Å². The van der Waals surface area contributed by atoms with Gasteiger partial charge in [0.25, 0.3) is 0 Å². The van der Waals surface area contributed by atoms with Gasteiger partial charge in [0, 0.05) is 15.0 Å². The first-order valence-corrected chi connectivity index (χ1v) is 8.30. The number of rotatable bonds is 4. The van der Waals surface area contributed by atoms with Crippen LogP contribution in [0.15, 0.2) is 38.6 Å². The Morgan fingerprint density at radius 3 is 2.61 bits per heavy atom. The normalized spacial score (nSPS) is 12.4. The minimum absolute atomic E-state index is 0.327. The van der Waals surface area contributed by atoms with Crippen LogP contribution in [0.4, 0.5) is 5.69 Å². The van der Waals surface area contributed by atoms with Gasteiger partial charge in [0.05, 0.1) is 9.83 Å². The van der Waals surface area contributed by atoms with Gasteiger partial charge in [-0.25, -0.2) is 0 Å². The first-order valence-electron chi connectivity index (χ1n) is 5.90. The van der Waals surface area contributed by atoms with Crippen molar-refractivity contribution in [3.8, 4) is 0 Å². The molecule has 1 nitrogen and oxygen atoms in total. The standard InChI is InChI=1S/C14H15Br2NS/c1-3-10-8-11(15)4-5-12(10)17-9(2)13-6-7-14(16)18-13/h4-9,17H,3H2,1-2H3. The number of hydrogen-bond donors (Lipinski definition) is 1. The molecular formula is C14H15Br2NS. The van der Waals surface area contributed by atoms with Crippen LogP contribution in [0, 0.1) is 0 Å². The van der Waals surface area contributed by atoms with E-state index in [0.717, 1.165) is 10.9 Å². The van der Waals surface area contributed by atoms with Crippen molar-refractivity contribution >= 4 is 48.9 Å². The zero-order valence-corrected chi connectivity index (χ0v) is 14.3. The Morgan fingerprint density at radius 2 is 2.00 bits per heavy atom. The summed E-state index contributed by atoms with van der Waals surface area (Å²) in [6, 6.07) is 11.0. The third-order valence-electron chi connectivity index (χ3n) is 2.84. The number of thiophene rings is 1. The topological polar surface area (TPSA) is 12.0 Å². The van der Waals surface area contributed by atoms with Gasteiger partial charge >= 0.3 is 0 Å². The molecular weight excluding hydrogens is 374 g/mol. The monoisotopic (exact) mass is 387 g/mol. The van der Waals surface area contributed by atoms with Crippen LogP contribution in [0.3, 0.4) is 0 Å². The highest BCUT2D eigenvalue weighted by Gasteiger charge is 2.10. The molecule has 1 atom stereocenters. The number of benzene rings is 1. The maximum Gasteiger partial charge on any atom is 0.0702 e. The van der Waals surface area contributed by atoms with Gasteiger partial charge in [0.15, 0.2) is 0 Å². The predicted molar refractivity (Wildman–Crippen MR) is 87.6 cm³/mol. The first kappa shape index (κ1) is 14.1. The van der Waals surface area contributed by atoms with E-state index in [1.54, 1.807) is 11.3 Å². The van der Waals surface area contributed by atoms with E-state index in [2.05, 4.69) is 81.4 Å². The van der Waals surface area contributed by atoms with Crippen molar-refractivity contribution in [3.63, 3.8) is 0 Å². The second kappa shape index (κ2) is 6.22. The van der Waals surface area contributed by atoms with E-state index in [4.69, 9.17) is 0 Å². The molecule has 0 bridgehead atoms. The molecule has 96 valence electrons. The van der Waals surface area contributed by atoms with Crippen molar-refractivity contribution in [1.29, 1.82) is 0 Å². The Bertz CT molecular complexity index is 536.